The van der Waals surface area contributed by atoms with Crippen LogP contribution in [-0.2, 0) is 0 Å². The number of aromatic nitrogens is 2. The van der Waals surface area contributed by atoms with Crippen molar-refractivity contribution < 1.29 is 18.9 Å². The molecule has 0 bridgehead atoms. The normalized spacial score (nSPS) is 14.5. The fourth-order valence-corrected chi connectivity index (χ4v) is 3.11. The molecule has 27 heavy (non-hydrogen) atoms. The molecule has 1 fully saturated rings. The molecule has 3 heterocycles. The molecule has 1 aliphatic rings. The molecule has 1 aromatic carbocycles. The van der Waals surface area contributed by atoms with Crippen molar-refractivity contribution in [3.8, 4) is 0 Å². The van der Waals surface area contributed by atoms with Gasteiger partial charge in [-0.1, -0.05) is 0 Å². The summed E-state index contributed by atoms with van der Waals surface area (Å²) in [6.45, 7) is 1.48. The van der Waals surface area contributed by atoms with E-state index < -0.39 is 4.92 Å². The standard InChI is InChI=1S/C17H15N5O5/c23-16(11-3-8-27-10-11)20-4-6-21(7-5-20)17(24)15-13-9-12(22(25)26)1-2-14(13)18-19-15/h1-3,8-10H,4-7H2,(H,18,19). The van der Waals surface area contributed by atoms with Crippen LogP contribution < -0.4 is 0 Å². The summed E-state index contributed by atoms with van der Waals surface area (Å²) < 4.78 is 4.93. The summed E-state index contributed by atoms with van der Waals surface area (Å²) in [7, 11) is 0. The van der Waals surface area contributed by atoms with Gasteiger partial charge in [-0.3, -0.25) is 24.8 Å². The maximum absolute atomic E-state index is 12.8. The van der Waals surface area contributed by atoms with E-state index in [1.54, 1.807) is 15.9 Å². The number of hydrogen-bond acceptors (Lipinski definition) is 6. The molecule has 0 saturated carbocycles. The lowest BCUT2D eigenvalue weighted by Crippen LogP contribution is -2.50. The predicted molar refractivity (Wildman–Crippen MR) is 93.3 cm³/mol. The minimum atomic E-state index is -0.513. The summed E-state index contributed by atoms with van der Waals surface area (Å²) >= 11 is 0. The van der Waals surface area contributed by atoms with E-state index in [4.69, 9.17) is 4.42 Å². The zero-order chi connectivity index (χ0) is 19.0. The molecule has 1 saturated heterocycles. The van der Waals surface area contributed by atoms with Gasteiger partial charge in [-0.2, -0.15) is 5.10 Å². The molecule has 4 rings (SSSR count). The van der Waals surface area contributed by atoms with Crippen LogP contribution in [-0.4, -0.2) is 62.9 Å². The number of nitrogens with zero attached hydrogens (tertiary/aromatic N) is 4. The maximum atomic E-state index is 12.8. The van der Waals surface area contributed by atoms with Crippen LogP contribution in [0.15, 0.2) is 41.2 Å². The molecule has 0 unspecified atom stereocenters. The number of carbonyl (C=O) groups excluding carboxylic acids is 2. The fraction of sp³-hybridized carbons (Fsp3) is 0.235. The van der Waals surface area contributed by atoms with Crippen LogP contribution in [0.4, 0.5) is 5.69 Å². The molecule has 1 aliphatic heterocycles. The molecule has 1 N–H and O–H groups in total. The highest BCUT2D eigenvalue weighted by atomic mass is 16.6. The van der Waals surface area contributed by atoms with Crippen LogP contribution in [0.2, 0.25) is 0 Å². The second kappa shape index (κ2) is 6.56. The Labute approximate surface area is 152 Å². The van der Waals surface area contributed by atoms with Gasteiger partial charge >= 0.3 is 0 Å². The Bertz CT molecular complexity index is 1020. The SMILES string of the molecule is O=C(c1ccoc1)N1CCN(C(=O)c2n[nH]c3ccc([N+](=O)[O-])cc23)CC1. The van der Waals surface area contributed by atoms with Gasteiger partial charge in [0.15, 0.2) is 5.69 Å². The van der Waals surface area contributed by atoms with Crippen LogP contribution in [0, 0.1) is 10.1 Å². The van der Waals surface area contributed by atoms with E-state index in [9.17, 15) is 19.7 Å². The number of piperazine rings is 1. The number of aromatic amines is 1. The molecule has 0 atom stereocenters. The molecular weight excluding hydrogens is 354 g/mol. The van der Waals surface area contributed by atoms with E-state index in [-0.39, 0.29) is 23.2 Å². The molecule has 0 spiro atoms. The van der Waals surface area contributed by atoms with E-state index in [1.165, 1.54) is 30.7 Å². The van der Waals surface area contributed by atoms with Gasteiger partial charge in [0, 0.05) is 43.7 Å². The van der Waals surface area contributed by atoms with Gasteiger partial charge in [0.05, 0.1) is 22.3 Å². The molecule has 138 valence electrons. The Morgan fingerprint density at radius 1 is 1.11 bits per heavy atom. The second-order valence-electron chi connectivity index (χ2n) is 6.16. The van der Waals surface area contributed by atoms with Crippen molar-refractivity contribution in [1.82, 2.24) is 20.0 Å². The second-order valence-corrected chi connectivity index (χ2v) is 6.16. The van der Waals surface area contributed by atoms with Gasteiger partial charge in [-0.05, 0) is 12.1 Å². The van der Waals surface area contributed by atoms with E-state index in [2.05, 4.69) is 10.2 Å². The average Bonchev–Trinajstić information content (AvgIpc) is 3.36. The summed E-state index contributed by atoms with van der Waals surface area (Å²) in [5.74, 6) is -0.464. The quantitative estimate of drug-likeness (QED) is 0.553. The third-order valence-corrected chi connectivity index (χ3v) is 4.58. The zero-order valence-corrected chi connectivity index (χ0v) is 14.1. The minimum Gasteiger partial charge on any atom is -0.472 e. The van der Waals surface area contributed by atoms with Gasteiger partial charge in [0.2, 0.25) is 0 Å². The fourth-order valence-electron chi connectivity index (χ4n) is 3.11. The largest absolute Gasteiger partial charge is 0.472 e. The molecule has 2 aromatic heterocycles. The number of H-pyrrole nitrogens is 1. The molecule has 10 heteroatoms. The first kappa shape index (κ1) is 16.8. The van der Waals surface area contributed by atoms with Crippen molar-refractivity contribution in [2.75, 3.05) is 26.2 Å². The molecular formula is C17H15N5O5. The van der Waals surface area contributed by atoms with E-state index in [0.717, 1.165) is 0 Å². The van der Waals surface area contributed by atoms with Gasteiger partial charge in [-0.25, -0.2) is 0 Å². The average molecular weight is 369 g/mol. The van der Waals surface area contributed by atoms with Crippen molar-refractivity contribution in [2.45, 2.75) is 0 Å². The van der Waals surface area contributed by atoms with Crippen molar-refractivity contribution in [3.63, 3.8) is 0 Å². The van der Waals surface area contributed by atoms with Gasteiger partial charge in [0.25, 0.3) is 17.5 Å². The highest BCUT2D eigenvalue weighted by Gasteiger charge is 2.28. The molecule has 0 radical (unpaired) electrons. The number of carbonyl (C=O) groups is 2. The molecule has 10 nitrogen and oxygen atoms in total. The number of furan rings is 1. The lowest BCUT2D eigenvalue weighted by Gasteiger charge is -2.34. The van der Waals surface area contributed by atoms with Gasteiger partial charge in [0.1, 0.15) is 6.26 Å². The van der Waals surface area contributed by atoms with Crippen LogP contribution in [0.3, 0.4) is 0 Å². The third kappa shape index (κ3) is 3.01. The first-order valence-electron chi connectivity index (χ1n) is 8.28. The predicted octanol–water partition coefficient (Wildman–Crippen LogP) is 1.66. The Hall–Kier alpha value is -3.69. The minimum absolute atomic E-state index is 0.103. The maximum Gasteiger partial charge on any atom is 0.275 e. The lowest BCUT2D eigenvalue weighted by atomic mass is 10.1. The number of benzene rings is 1. The molecule has 2 amide bonds. The van der Waals surface area contributed by atoms with Crippen molar-refractivity contribution in [3.05, 3.63) is 58.2 Å². The number of non-ortho nitro benzene ring substituents is 1. The summed E-state index contributed by atoms with van der Waals surface area (Å²) in [6, 6.07) is 5.82. The van der Waals surface area contributed by atoms with Crippen LogP contribution in [0.25, 0.3) is 10.9 Å². The monoisotopic (exact) mass is 369 g/mol. The van der Waals surface area contributed by atoms with Crippen molar-refractivity contribution >= 4 is 28.4 Å². The lowest BCUT2D eigenvalue weighted by molar-refractivity contribution is -0.384. The topological polar surface area (TPSA) is 126 Å². The smallest absolute Gasteiger partial charge is 0.275 e. The Kier molecular flexibility index (Phi) is 4.07. The number of nitro benzene ring substituents is 1. The summed E-state index contributed by atoms with van der Waals surface area (Å²) in [6.07, 6.45) is 2.83. The van der Waals surface area contributed by atoms with Gasteiger partial charge < -0.3 is 14.2 Å². The van der Waals surface area contributed by atoms with Crippen LogP contribution in [0.5, 0.6) is 0 Å². The Balaban J connectivity index is 1.50. The summed E-state index contributed by atoms with van der Waals surface area (Å²) in [4.78, 5) is 38.9. The number of amides is 2. The first-order chi connectivity index (χ1) is 13.0. The zero-order valence-electron chi connectivity index (χ0n) is 14.1. The third-order valence-electron chi connectivity index (χ3n) is 4.58. The number of hydrogen-bond donors (Lipinski definition) is 1. The Morgan fingerprint density at radius 3 is 2.44 bits per heavy atom. The van der Waals surface area contributed by atoms with Crippen LogP contribution in [0.1, 0.15) is 20.8 Å². The number of fused-ring (bicyclic) bond motifs is 1. The van der Waals surface area contributed by atoms with Gasteiger partial charge in [-0.15, -0.1) is 0 Å². The Morgan fingerprint density at radius 2 is 1.81 bits per heavy atom. The number of nitrogens with one attached hydrogen (secondary N) is 1. The summed E-state index contributed by atoms with van der Waals surface area (Å²) in [5, 5.41) is 18.1. The highest BCUT2D eigenvalue weighted by molar-refractivity contribution is 6.05. The van der Waals surface area contributed by atoms with Crippen molar-refractivity contribution in [1.29, 1.82) is 0 Å². The molecule has 0 aliphatic carbocycles. The van der Waals surface area contributed by atoms with Crippen molar-refractivity contribution in [2.24, 2.45) is 0 Å². The van der Waals surface area contributed by atoms with Crippen LogP contribution >= 0.6 is 0 Å². The van der Waals surface area contributed by atoms with E-state index >= 15 is 0 Å². The number of rotatable bonds is 3. The van der Waals surface area contributed by atoms with E-state index in [1.807, 2.05) is 0 Å². The highest BCUT2D eigenvalue weighted by Crippen LogP contribution is 2.23. The van der Waals surface area contributed by atoms with E-state index in [0.29, 0.717) is 42.6 Å². The number of nitro groups is 1. The summed E-state index contributed by atoms with van der Waals surface area (Å²) in [5.41, 5.74) is 1.06. The first-order valence-corrected chi connectivity index (χ1v) is 8.28. The molecule has 3 aromatic rings.